The summed E-state index contributed by atoms with van der Waals surface area (Å²) in [7, 11) is 1.00. The fourth-order valence-corrected chi connectivity index (χ4v) is 5.77. The molecule has 0 fully saturated rings. The van der Waals surface area contributed by atoms with Gasteiger partial charge in [0.25, 0.3) is 0 Å². The summed E-state index contributed by atoms with van der Waals surface area (Å²) in [6.45, 7) is 10.0. The molecule has 0 aliphatic carbocycles. The highest BCUT2D eigenvalue weighted by Crippen LogP contribution is 2.42. The number of aliphatic hydroxyl groups is 1. The Hall–Kier alpha value is -4.47. The minimum absolute atomic E-state index is 0.304. The van der Waals surface area contributed by atoms with Crippen molar-refractivity contribution in [2.45, 2.75) is 59.2 Å². The van der Waals surface area contributed by atoms with Crippen LogP contribution < -0.4 is 4.74 Å². The van der Waals surface area contributed by atoms with E-state index in [0.29, 0.717) is 46.9 Å². The Morgan fingerprint density at radius 3 is 2.48 bits per heavy atom. The van der Waals surface area contributed by atoms with Crippen molar-refractivity contribution in [3.05, 3.63) is 89.3 Å². The van der Waals surface area contributed by atoms with Crippen molar-refractivity contribution in [2.75, 3.05) is 13.7 Å². The molecule has 1 aliphatic rings. The topological polar surface area (TPSA) is 98.8 Å². The Labute approximate surface area is 256 Å². The van der Waals surface area contributed by atoms with E-state index >= 15 is 4.39 Å². The van der Waals surface area contributed by atoms with Crippen LogP contribution in [0.25, 0.3) is 39.2 Å². The molecule has 6 rings (SSSR count). The second-order valence-corrected chi connectivity index (χ2v) is 11.6. The van der Waals surface area contributed by atoms with Crippen LogP contribution in [-0.4, -0.2) is 50.3 Å². The summed E-state index contributed by atoms with van der Waals surface area (Å²) in [5, 5.41) is 11.8. The lowest BCUT2D eigenvalue weighted by Crippen LogP contribution is -2.25. The number of nitrogens with zero attached hydrogens (tertiary/aromatic N) is 4. The van der Waals surface area contributed by atoms with Crippen LogP contribution in [0.3, 0.4) is 0 Å². The summed E-state index contributed by atoms with van der Waals surface area (Å²) in [5.74, 6) is -0.131. The largest absolute Gasteiger partial charge is 0.490 e. The molecule has 228 valence electrons. The third kappa shape index (κ3) is 5.85. The summed E-state index contributed by atoms with van der Waals surface area (Å²) < 4.78 is 29.3. The van der Waals surface area contributed by atoms with Gasteiger partial charge in [0.1, 0.15) is 6.10 Å². The number of halogens is 1. The third-order valence-corrected chi connectivity index (χ3v) is 7.64. The van der Waals surface area contributed by atoms with Gasteiger partial charge in [0, 0.05) is 47.5 Å². The predicted molar refractivity (Wildman–Crippen MR) is 168 cm³/mol. The van der Waals surface area contributed by atoms with Gasteiger partial charge >= 0.3 is 0 Å². The van der Waals surface area contributed by atoms with Gasteiger partial charge in [0.05, 0.1) is 24.1 Å². The Morgan fingerprint density at radius 2 is 1.77 bits per heavy atom. The van der Waals surface area contributed by atoms with Gasteiger partial charge in [0.2, 0.25) is 0 Å². The summed E-state index contributed by atoms with van der Waals surface area (Å²) in [4.78, 5) is 21.7. The monoisotopic (exact) mass is 596 g/mol. The van der Waals surface area contributed by atoms with E-state index in [0.717, 1.165) is 53.2 Å². The molecule has 44 heavy (non-hydrogen) atoms. The number of carbonyl (C=O) groups excluding carboxylic acids is 1. The van der Waals surface area contributed by atoms with E-state index in [1.165, 1.54) is 6.07 Å². The molecule has 0 saturated heterocycles. The molecule has 2 aromatic carbocycles. The number of aliphatic hydroxyl groups excluding tert-OH is 1. The van der Waals surface area contributed by atoms with E-state index in [4.69, 9.17) is 24.7 Å². The summed E-state index contributed by atoms with van der Waals surface area (Å²) >= 11 is 0. The molecule has 0 bridgehead atoms. The molecule has 0 amide bonds. The standard InChI is InChI=1S/C34H33FN4O3.CH4O/c1-20-25-10-7-15-41-32(25)28(35)17-26(20)31-30(29(19-40)42-34(3,4)5)21(2)38-33-27(18-37-39(31)33)24-9-6-8-23(16-24)22-11-13-36-14-12-22;1-2/h6,8-9,11-14,16-19,29H,7,10,15H2,1-5H3;2H,1H3. The van der Waals surface area contributed by atoms with Gasteiger partial charge in [-0.05, 0) is 94.0 Å². The first-order valence-corrected chi connectivity index (χ1v) is 14.6. The van der Waals surface area contributed by atoms with Crippen LogP contribution in [0.4, 0.5) is 4.39 Å². The summed E-state index contributed by atoms with van der Waals surface area (Å²) in [5.41, 5.74) is 7.94. The molecule has 1 aliphatic heterocycles. The Bertz CT molecular complexity index is 1810. The smallest absolute Gasteiger partial charge is 0.166 e. The molecule has 8 nitrogen and oxygen atoms in total. The lowest BCUT2D eigenvalue weighted by molar-refractivity contribution is -0.128. The number of hydrogen-bond acceptors (Lipinski definition) is 7. The third-order valence-electron chi connectivity index (χ3n) is 7.64. The van der Waals surface area contributed by atoms with Gasteiger partial charge < -0.3 is 19.4 Å². The Balaban J connectivity index is 0.00000188. The number of aryl methyl sites for hydroxylation is 1. The minimum atomic E-state index is -0.936. The van der Waals surface area contributed by atoms with Gasteiger partial charge in [-0.15, -0.1) is 0 Å². The number of pyridine rings is 1. The van der Waals surface area contributed by atoms with E-state index in [1.54, 1.807) is 23.1 Å². The molecule has 4 heterocycles. The fraction of sp³-hybridized carbons (Fsp3) is 0.314. The molecule has 0 spiro atoms. The molecule has 1 unspecified atom stereocenters. The average molecular weight is 597 g/mol. The zero-order valence-electron chi connectivity index (χ0n) is 25.9. The average Bonchev–Trinajstić information content (AvgIpc) is 3.45. The zero-order valence-corrected chi connectivity index (χ0v) is 25.9. The number of hydrogen-bond donors (Lipinski definition) is 1. The molecule has 0 saturated carbocycles. The van der Waals surface area contributed by atoms with E-state index in [2.05, 4.69) is 11.1 Å². The lowest BCUT2D eigenvalue weighted by Gasteiger charge is -2.28. The van der Waals surface area contributed by atoms with Crippen molar-refractivity contribution in [2.24, 2.45) is 0 Å². The van der Waals surface area contributed by atoms with Crippen molar-refractivity contribution in [3.8, 4) is 39.3 Å². The van der Waals surface area contributed by atoms with Gasteiger partial charge in [-0.3, -0.25) is 4.98 Å². The molecule has 5 aromatic rings. The van der Waals surface area contributed by atoms with Gasteiger partial charge in [0.15, 0.2) is 23.5 Å². The van der Waals surface area contributed by atoms with Crippen LogP contribution >= 0.6 is 0 Å². The first-order chi connectivity index (χ1) is 21.2. The first kappa shape index (κ1) is 31.0. The number of rotatable bonds is 6. The SMILES string of the molecule is CO.Cc1nc2c(-c3cccc(-c4ccncc4)c3)cnn2c(-c2cc(F)c3c(c2C)CCCO3)c1C(C=O)OC(C)(C)C. The van der Waals surface area contributed by atoms with Crippen LogP contribution in [-0.2, 0) is 16.0 Å². The van der Waals surface area contributed by atoms with Crippen molar-refractivity contribution in [3.63, 3.8) is 0 Å². The van der Waals surface area contributed by atoms with Crippen molar-refractivity contribution in [1.82, 2.24) is 19.6 Å². The second-order valence-electron chi connectivity index (χ2n) is 11.6. The van der Waals surface area contributed by atoms with E-state index in [9.17, 15) is 4.79 Å². The van der Waals surface area contributed by atoms with Crippen LogP contribution in [0.5, 0.6) is 5.75 Å². The van der Waals surface area contributed by atoms with Crippen LogP contribution in [0.2, 0.25) is 0 Å². The number of aromatic nitrogens is 4. The number of aldehydes is 1. The summed E-state index contributed by atoms with van der Waals surface area (Å²) in [6, 6.07) is 13.6. The number of benzene rings is 2. The zero-order chi connectivity index (χ0) is 31.6. The molecular weight excluding hydrogens is 559 g/mol. The Morgan fingerprint density at radius 1 is 1.05 bits per heavy atom. The maximum Gasteiger partial charge on any atom is 0.166 e. The van der Waals surface area contributed by atoms with Crippen molar-refractivity contribution in [1.29, 1.82) is 0 Å². The van der Waals surface area contributed by atoms with E-state index in [-0.39, 0.29) is 0 Å². The number of ether oxygens (including phenoxy) is 2. The van der Waals surface area contributed by atoms with Crippen LogP contribution in [0.15, 0.2) is 61.1 Å². The first-order valence-electron chi connectivity index (χ1n) is 14.6. The number of fused-ring (bicyclic) bond motifs is 2. The van der Waals surface area contributed by atoms with Gasteiger partial charge in [-0.1, -0.05) is 18.2 Å². The molecule has 9 heteroatoms. The fourth-order valence-electron chi connectivity index (χ4n) is 5.77. The van der Waals surface area contributed by atoms with Crippen LogP contribution in [0, 0.1) is 19.7 Å². The maximum absolute atomic E-state index is 15.6. The van der Waals surface area contributed by atoms with Gasteiger partial charge in [-0.2, -0.15) is 5.10 Å². The Kier molecular flexibility index (Phi) is 8.90. The highest BCUT2D eigenvalue weighted by atomic mass is 19.1. The van der Waals surface area contributed by atoms with Crippen LogP contribution in [0.1, 0.15) is 55.7 Å². The highest BCUT2D eigenvalue weighted by molar-refractivity contribution is 5.84. The van der Waals surface area contributed by atoms with Crippen molar-refractivity contribution < 1.29 is 23.8 Å². The second kappa shape index (κ2) is 12.6. The number of carbonyl (C=O) groups is 1. The normalized spacial score (nSPS) is 13.5. The van der Waals surface area contributed by atoms with E-state index in [1.807, 2.05) is 65.0 Å². The molecule has 1 N–H and O–H groups in total. The molecule has 0 radical (unpaired) electrons. The predicted octanol–water partition coefficient (Wildman–Crippen LogP) is 6.87. The highest BCUT2D eigenvalue weighted by Gasteiger charge is 2.31. The molecule has 1 atom stereocenters. The summed E-state index contributed by atoms with van der Waals surface area (Å²) in [6.07, 6.45) is 6.66. The van der Waals surface area contributed by atoms with Crippen molar-refractivity contribution >= 4 is 11.9 Å². The quantitative estimate of drug-likeness (QED) is 0.214. The minimum Gasteiger partial charge on any atom is -0.490 e. The van der Waals surface area contributed by atoms with Gasteiger partial charge in [-0.25, -0.2) is 13.9 Å². The maximum atomic E-state index is 15.6. The molecular formula is C35H37FN4O4. The van der Waals surface area contributed by atoms with E-state index < -0.39 is 17.5 Å². The molecule has 3 aromatic heterocycles. The lowest BCUT2D eigenvalue weighted by atomic mass is 9.91.